The maximum atomic E-state index is 11.2. The van der Waals surface area contributed by atoms with Crippen molar-refractivity contribution in [3.05, 3.63) is 12.2 Å². The molecule has 1 fully saturated rings. The molecule has 1 heterocycles. The Morgan fingerprint density at radius 2 is 2.17 bits per heavy atom. The van der Waals surface area contributed by atoms with Crippen molar-refractivity contribution in [2.45, 2.75) is 13.3 Å². The molecule has 2 rings (SSSR count). The molecule has 64 valence electrons. The third-order valence-electron chi connectivity index (χ3n) is 2.61. The monoisotopic (exact) mass is 166 g/mol. The van der Waals surface area contributed by atoms with Gasteiger partial charge in [-0.1, -0.05) is 19.1 Å². The van der Waals surface area contributed by atoms with Gasteiger partial charge in [-0.3, -0.25) is 9.59 Å². The van der Waals surface area contributed by atoms with Crippen molar-refractivity contribution in [2.75, 3.05) is 0 Å². The summed E-state index contributed by atoms with van der Waals surface area (Å²) in [6, 6.07) is 0. The van der Waals surface area contributed by atoms with Crippen LogP contribution in [0.2, 0.25) is 0 Å². The maximum absolute atomic E-state index is 11.2. The first-order valence-electron chi connectivity index (χ1n) is 4.12. The summed E-state index contributed by atoms with van der Waals surface area (Å²) in [5.74, 6) is -0.981. The molecule has 1 saturated heterocycles. The van der Waals surface area contributed by atoms with Crippen molar-refractivity contribution in [3.63, 3.8) is 0 Å². The van der Waals surface area contributed by atoms with E-state index in [0.29, 0.717) is 6.42 Å². The normalized spacial score (nSPS) is 39.6. The topological polar surface area (TPSA) is 43.4 Å². The first-order valence-corrected chi connectivity index (χ1v) is 4.12. The second kappa shape index (κ2) is 2.44. The zero-order valence-corrected chi connectivity index (χ0v) is 6.82. The van der Waals surface area contributed by atoms with Crippen LogP contribution < -0.4 is 0 Å². The average molecular weight is 166 g/mol. The van der Waals surface area contributed by atoms with E-state index in [-0.39, 0.29) is 29.7 Å². The van der Waals surface area contributed by atoms with E-state index in [9.17, 15) is 9.59 Å². The number of hydrogen-bond donors (Lipinski definition) is 0. The molecule has 3 atom stereocenters. The highest BCUT2D eigenvalue weighted by atomic mass is 16.6. The lowest BCUT2D eigenvalue weighted by Gasteiger charge is -2.20. The Balaban J connectivity index is 2.32. The number of hydrogen-bond acceptors (Lipinski definition) is 3. The van der Waals surface area contributed by atoms with E-state index in [2.05, 4.69) is 4.74 Å². The Labute approximate surface area is 70.4 Å². The second-order valence-electron chi connectivity index (χ2n) is 3.40. The van der Waals surface area contributed by atoms with E-state index in [1.54, 1.807) is 0 Å². The number of allylic oxidation sites excluding steroid dienone is 2. The van der Waals surface area contributed by atoms with Crippen LogP contribution in [0.25, 0.3) is 0 Å². The number of ether oxygens (including phenoxy) is 1. The van der Waals surface area contributed by atoms with E-state index in [1.807, 2.05) is 19.1 Å². The predicted octanol–water partition coefficient (Wildman–Crippen LogP) is 0.898. The van der Waals surface area contributed by atoms with Crippen molar-refractivity contribution in [1.82, 2.24) is 0 Å². The lowest BCUT2D eigenvalue weighted by molar-refractivity contribution is -0.153. The molecule has 0 aromatic heterocycles. The molecule has 0 N–H and O–H groups in total. The van der Waals surface area contributed by atoms with Gasteiger partial charge in [0.2, 0.25) is 0 Å². The van der Waals surface area contributed by atoms with Crippen molar-refractivity contribution in [3.8, 4) is 0 Å². The molecule has 3 nitrogen and oxygen atoms in total. The van der Waals surface area contributed by atoms with Gasteiger partial charge in [-0.25, -0.2) is 0 Å². The Morgan fingerprint density at radius 1 is 1.42 bits per heavy atom. The minimum Gasteiger partial charge on any atom is -0.393 e. The fourth-order valence-corrected chi connectivity index (χ4v) is 1.94. The number of carbonyl (C=O) groups is 2. The molecule has 0 aromatic carbocycles. The standard InChI is InChI=1S/C9H10O3/c1-5-3-2-4-6-7(5)9(11)12-8(6)10/h2-3,5-7H,4H2,1H3/t5-,6-,7+/m0/s1. The Bertz CT molecular complexity index is 267. The number of carbonyl (C=O) groups excluding carboxylic acids is 2. The Hall–Kier alpha value is -1.12. The molecule has 3 heteroatoms. The van der Waals surface area contributed by atoms with Crippen LogP contribution in [0.3, 0.4) is 0 Å². The summed E-state index contributed by atoms with van der Waals surface area (Å²) in [6.07, 6.45) is 4.58. The highest BCUT2D eigenvalue weighted by Gasteiger charge is 2.46. The van der Waals surface area contributed by atoms with Crippen LogP contribution in [0.5, 0.6) is 0 Å². The van der Waals surface area contributed by atoms with Gasteiger partial charge in [-0.2, -0.15) is 0 Å². The summed E-state index contributed by atoms with van der Waals surface area (Å²) in [7, 11) is 0. The van der Waals surface area contributed by atoms with E-state index in [0.717, 1.165) is 0 Å². The van der Waals surface area contributed by atoms with Crippen molar-refractivity contribution < 1.29 is 14.3 Å². The second-order valence-corrected chi connectivity index (χ2v) is 3.40. The SMILES string of the molecule is C[C@H]1C=CC[C@@H]2C(=O)OC(=O)[C@@H]21. The average Bonchev–Trinajstić information content (AvgIpc) is 2.29. The van der Waals surface area contributed by atoms with Crippen LogP contribution in [-0.4, -0.2) is 11.9 Å². The van der Waals surface area contributed by atoms with Gasteiger partial charge in [0.25, 0.3) is 0 Å². The largest absolute Gasteiger partial charge is 0.393 e. The van der Waals surface area contributed by atoms with Crippen LogP contribution in [-0.2, 0) is 14.3 Å². The first kappa shape index (κ1) is 7.53. The van der Waals surface area contributed by atoms with E-state index in [1.165, 1.54) is 0 Å². The van der Waals surface area contributed by atoms with Crippen molar-refractivity contribution in [2.24, 2.45) is 17.8 Å². The molecule has 0 aromatic rings. The van der Waals surface area contributed by atoms with E-state index in [4.69, 9.17) is 0 Å². The summed E-state index contributed by atoms with van der Waals surface area (Å²) in [6.45, 7) is 1.94. The molecule has 12 heavy (non-hydrogen) atoms. The quantitative estimate of drug-likeness (QED) is 0.305. The van der Waals surface area contributed by atoms with Gasteiger partial charge in [0.1, 0.15) is 0 Å². The zero-order valence-electron chi connectivity index (χ0n) is 6.82. The minimum absolute atomic E-state index is 0.141. The number of rotatable bonds is 0. The molecule has 0 amide bonds. The smallest absolute Gasteiger partial charge is 0.318 e. The number of fused-ring (bicyclic) bond motifs is 1. The molecule has 0 bridgehead atoms. The third-order valence-corrected chi connectivity index (χ3v) is 2.61. The molecule has 0 unspecified atom stereocenters. The lowest BCUT2D eigenvalue weighted by atomic mass is 9.78. The molecular weight excluding hydrogens is 156 g/mol. The highest BCUT2D eigenvalue weighted by Crippen LogP contribution is 2.36. The summed E-state index contributed by atoms with van der Waals surface area (Å²) < 4.78 is 4.56. The molecule has 0 spiro atoms. The van der Waals surface area contributed by atoms with Gasteiger partial charge in [-0.15, -0.1) is 0 Å². The zero-order chi connectivity index (χ0) is 8.72. The molecular formula is C9H10O3. The van der Waals surface area contributed by atoms with Crippen LogP contribution >= 0.6 is 0 Å². The van der Waals surface area contributed by atoms with E-state index >= 15 is 0 Å². The summed E-state index contributed by atoms with van der Waals surface area (Å²) in [4.78, 5) is 22.2. The van der Waals surface area contributed by atoms with Gasteiger partial charge in [0.15, 0.2) is 0 Å². The molecule has 1 aliphatic carbocycles. The highest BCUT2D eigenvalue weighted by molar-refractivity contribution is 5.97. The van der Waals surface area contributed by atoms with Gasteiger partial charge in [0.05, 0.1) is 11.8 Å². The van der Waals surface area contributed by atoms with Crippen molar-refractivity contribution in [1.29, 1.82) is 0 Å². The minimum atomic E-state index is -0.346. The summed E-state index contributed by atoms with van der Waals surface area (Å²) >= 11 is 0. The molecule has 2 aliphatic rings. The van der Waals surface area contributed by atoms with Crippen LogP contribution in [0.15, 0.2) is 12.2 Å². The predicted molar refractivity (Wildman–Crippen MR) is 41.0 cm³/mol. The van der Waals surface area contributed by atoms with Gasteiger partial charge < -0.3 is 4.74 Å². The Morgan fingerprint density at radius 3 is 2.83 bits per heavy atom. The van der Waals surface area contributed by atoms with E-state index < -0.39 is 0 Å². The summed E-state index contributed by atoms with van der Waals surface area (Å²) in [5, 5.41) is 0. The maximum Gasteiger partial charge on any atom is 0.318 e. The Kier molecular flexibility index (Phi) is 1.53. The van der Waals surface area contributed by atoms with Crippen LogP contribution in [0.1, 0.15) is 13.3 Å². The fraction of sp³-hybridized carbons (Fsp3) is 0.556. The number of cyclic esters (lactones) is 2. The van der Waals surface area contributed by atoms with Crippen molar-refractivity contribution >= 4 is 11.9 Å². The first-order chi connectivity index (χ1) is 5.70. The fourth-order valence-electron chi connectivity index (χ4n) is 1.94. The van der Waals surface area contributed by atoms with Gasteiger partial charge >= 0.3 is 11.9 Å². The third kappa shape index (κ3) is 0.891. The lowest BCUT2D eigenvalue weighted by Crippen LogP contribution is -2.25. The van der Waals surface area contributed by atoms with Crippen LogP contribution in [0.4, 0.5) is 0 Å². The molecule has 0 saturated carbocycles. The van der Waals surface area contributed by atoms with Crippen LogP contribution in [0, 0.1) is 17.8 Å². The summed E-state index contributed by atoms with van der Waals surface area (Å²) in [5.41, 5.74) is 0. The number of esters is 2. The molecule has 1 aliphatic heterocycles. The van der Waals surface area contributed by atoms with Gasteiger partial charge in [-0.05, 0) is 12.3 Å². The molecule has 0 radical (unpaired) electrons. The van der Waals surface area contributed by atoms with Gasteiger partial charge in [0, 0.05) is 0 Å².